The number of nitrogens with zero attached hydrogens (tertiary/aromatic N) is 4. The second-order valence-corrected chi connectivity index (χ2v) is 6.44. The van der Waals surface area contributed by atoms with E-state index >= 15 is 0 Å². The number of carbonyl (C=O) groups is 3. The minimum absolute atomic E-state index is 0.0280. The molecule has 0 unspecified atom stereocenters. The Morgan fingerprint density at radius 3 is 2.38 bits per heavy atom. The molecular weight excluding hydrogens is 360 g/mol. The van der Waals surface area contributed by atoms with Crippen molar-refractivity contribution >= 4 is 39.9 Å². The maximum atomic E-state index is 12.1. The number of aryl methyl sites for hydroxylation is 3. The molecule has 0 aliphatic rings. The Morgan fingerprint density at radius 2 is 1.81 bits per heavy atom. The molecule has 0 aliphatic carbocycles. The molecule has 0 spiro atoms. The zero-order valence-corrected chi connectivity index (χ0v) is 15.8. The van der Waals surface area contributed by atoms with Crippen LogP contribution in [0.15, 0.2) is 0 Å². The molecule has 2 amide bonds. The van der Waals surface area contributed by atoms with Gasteiger partial charge in [-0.05, 0) is 13.3 Å². The lowest BCUT2D eigenvalue weighted by molar-refractivity contribution is -0.121. The second-order valence-electron chi connectivity index (χ2n) is 5.38. The van der Waals surface area contributed by atoms with Crippen LogP contribution in [0.2, 0.25) is 0 Å². The fourth-order valence-corrected chi connectivity index (χ4v) is 2.89. The van der Waals surface area contributed by atoms with Crippen molar-refractivity contribution in [1.82, 2.24) is 20.0 Å². The van der Waals surface area contributed by atoms with E-state index in [1.165, 1.54) is 23.1 Å². The number of hydrogen-bond donors (Lipinski definition) is 2. The summed E-state index contributed by atoms with van der Waals surface area (Å²) in [4.78, 5) is 35.9. The molecule has 0 radical (unpaired) electrons. The van der Waals surface area contributed by atoms with Crippen molar-refractivity contribution < 1.29 is 19.1 Å². The first-order valence-electron chi connectivity index (χ1n) is 7.89. The van der Waals surface area contributed by atoms with Crippen LogP contribution in [0.1, 0.15) is 41.0 Å². The van der Waals surface area contributed by atoms with Gasteiger partial charge in [0.15, 0.2) is 5.69 Å². The topological polar surface area (TPSA) is 128 Å². The molecule has 0 saturated carbocycles. The average molecular weight is 380 g/mol. The van der Waals surface area contributed by atoms with Gasteiger partial charge in [-0.15, -0.1) is 10.2 Å². The highest BCUT2D eigenvalue weighted by molar-refractivity contribution is 7.15. The minimum atomic E-state index is -0.607. The van der Waals surface area contributed by atoms with Crippen molar-refractivity contribution in [2.45, 2.75) is 33.1 Å². The van der Waals surface area contributed by atoms with Crippen LogP contribution in [0.25, 0.3) is 0 Å². The first kappa shape index (κ1) is 19.5. The van der Waals surface area contributed by atoms with Crippen LogP contribution in [-0.4, -0.2) is 44.9 Å². The van der Waals surface area contributed by atoms with Gasteiger partial charge in [-0.1, -0.05) is 18.3 Å². The Balaban J connectivity index is 1.93. The summed E-state index contributed by atoms with van der Waals surface area (Å²) in [5, 5.41) is 18.3. The van der Waals surface area contributed by atoms with Crippen LogP contribution in [0.4, 0.5) is 10.8 Å². The van der Waals surface area contributed by atoms with E-state index in [1.54, 1.807) is 14.0 Å². The van der Waals surface area contributed by atoms with Crippen LogP contribution in [-0.2, 0) is 27.8 Å². The third-order valence-corrected chi connectivity index (χ3v) is 4.44. The van der Waals surface area contributed by atoms with Gasteiger partial charge < -0.3 is 15.4 Å². The van der Waals surface area contributed by atoms with Crippen LogP contribution in [0.3, 0.4) is 0 Å². The fourth-order valence-electron chi connectivity index (χ4n) is 2.20. The number of esters is 1. The molecule has 0 aliphatic heterocycles. The maximum absolute atomic E-state index is 12.1. The monoisotopic (exact) mass is 380 g/mol. The summed E-state index contributed by atoms with van der Waals surface area (Å²) < 4.78 is 6.04. The number of aromatic nitrogens is 4. The molecule has 26 heavy (non-hydrogen) atoms. The molecule has 0 atom stereocenters. The summed E-state index contributed by atoms with van der Waals surface area (Å²) in [6, 6.07) is 0. The SMILES string of the molecule is CCc1nnc(NC(=O)CCC(=O)Nc2c(C)nn(C)c2C(=O)OC)s1. The van der Waals surface area contributed by atoms with E-state index < -0.39 is 11.9 Å². The van der Waals surface area contributed by atoms with Crippen LogP contribution in [0.5, 0.6) is 0 Å². The Kier molecular flexibility index (Phi) is 6.39. The molecule has 2 N–H and O–H groups in total. The highest BCUT2D eigenvalue weighted by Gasteiger charge is 2.22. The van der Waals surface area contributed by atoms with E-state index in [9.17, 15) is 14.4 Å². The number of ether oxygens (including phenoxy) is 1. The lowest BCUT2D eigenvalue weighted by Crippen LogP contribution is -2.19. The molecule has 0 saturated heterocycles. The molecule has 2 aromatic heterocycles. The second kappa shape index (κ2) is 8.52. The Morgan fingerprint density at radius 1 is 1.15 bits per heavy atom. The van der Waals surface area contributed by atoms with Crippen molar-refractivity contribution in [2.24, 2.45) is 7.05 Å². The molecule has 10 nitrogen and oxygen atoms in total. The smallest absolute Gasteiger partial charge is 0.358 e. The number of hydrogen-bond acceptors (Lipinski definition) is 8. The molecule has 140 valence electrons. The van der Waals surface area contributed by atoms with Gasteiger partial charge in [-0.3, -0.25) is 14.3 Å². The molecule has 0 bridgehead atoms. The summed E-state index contributed by atoms with van der Waals surface area (Å²) in [5.41, 5.74) is 0.900. The average Bonchev–Trinajstić information content (AvgIpc) is 3.16. The number of carbonyl (C=O) groups excluding carboxylic acids is 3. The normalized spacial score (nSPS) is 10.5. The maximum Gasteiger partial charge on any atom is 0.358 e. The van der Waals surface area contributed by atoms with Gasteiger partial charge in [-0.2, -0.15) is 5.10 Å². The largest absolute Gasteiger partial charge is 0.464 e. The van der Waals surface area contributed by atoms with E-state index in [-0.39, 0.29) is 30.1 Å². The summed E-state index contributed by atoms with van der Waals surface area (Å²) in [6.07, 6.45) is 0.656. The van der Waals surface area contributed by atoms with Gasteiger partial charge in [0.1, 0.15) is 5.01 Å². The van der Waals surface area contributed by atoms with Crippen LogP contribution < -0.4 is 10.6 Å². The van der Waals surface area contributed by atoms with Crippen molar-refractivity contribution in [1.29, 1.82) is 0 Å². The lowest BCUT2D eigenvalue weighted by Gasteiger charge is -2.07. The van der Waals surface area contributed by atoms with Crippen molar-refractivity contribution in [3.8, 4) is 0 Å². The van der Waals surface area contributed by atoms with Gasteiger partial charge in [0, 0.05) is 19.9 Å². The number of anilines is 2. The summed E-state index contributed by atoms with van der Waals surface area (Å²) in [7, 11) is 2.83. The summed E-state index contributed by atoms with van der Waals surface area (Å²) in [5.74, 6) is -1.35. The molecule has 0 fully saturated rings. The number of nitrogens with one attached hydrogen (secondary N) is 2. The van der Waals surface area contributed by atoms with Gasteiger partial charge in [0.05, 0.1) is 18.5 Å². The first-order chi connectivity index (χ1) is 12.3. The highest BCUT2D eigenvalue weighted by Crippen LogP contribution is 2.21. The van der Waals surface area contributed by atoms with E-state index in [1.807, 2.05) is 6.92 Å². The molecule has 2 aromatic rings. The number of rotatable bonds is 7. The molecule has 2 heterocycles. The number of amides is 2. The molecule has 0 aromatic carbocycles. The third kappa shape index (κ3) is 4.63. The van der Waals surface area contributed by atoms with E-state index in [0.29, 0.717) is 10.8 Å². The lowest BCUT2D eigenvalue weighted by atomic mass is 10.2. The van der Waals surface area contributed by atoms with Crippen LogP contribution >= 0.6 is 11.3 Å². The van der Waals surface area contributed by atoms with Crippen LogP contribution in [0, 0.1) is 6.92 Å². The Labute approximate surface area is 153 Å². The number of methoxy groups -OCH3 is 1. The van der Waals surface area contributed by atoms with Gasteiger partial charge in [-0.25, -0.2) is 4.79 Å². The Bertz CT molecular complexity index is 828. The Hall–Kier alpha value is -2.82. The van der Waals surface area contributed by atoms with Gasteiger partial charge >= 0.3 is 5.97 Å². The molecular formula is C15H20N6O4S. The zero-order valence-electron chi connectivity index (χ0n) is 15.0. The first-order valence-corrected chi connectivity index (χ1v) is 8.71. The zero-order chi connectivity index (χ0) is 19.3. The third-order valence-electron chi connectivity index (χ3n) is 3.46. The predicted molar refractivity (Wildman–Crippen MR) is 95.1 cm³/mol. The van der Waals surface area contributed by atoms with Gasteiger partial charge in [0.2, 0.25) is 16.9 Å². The van der Waals surface area contributed by atoms with Crippen molar-refractivity contribution in [3.63, 3.8) is 0 Å². The standard InChI is InChI=1S/C15H20N6O4S/c1-5-11-18-19-15(26-11)17-10(23)7-6-9(22)16-12-8(2)20-21(3)13(12)14(24)25-4/h5-7H2,1-4H3,(H,16,22)(H,17,19,23). The molecule has 11 heteroatoms. The summed E-state index contributed by atoms with van der Waals surface area (Å²) in [6.45, 7) is 3.61. The summed E-state index contributed by atoms with van der Waals surface area (Å²) >= 11 is 1.29. The minimum Gasteiger partial charge on any atom is -0.464 e. The van der Waals surface area contributed by atoms with Gasteiger partial charge in [0.25, 0.3) is 0 Å². The van der Waals surface area contributed by atoms with Crippen molar-refractivity contribution in [2.75, 3.05) is 17.7 Å². The highest BCUT2D eigenvalue weighted by atomic mass is 32.1. The quantitative estimate of drug-likeness (QED) is 0.693. The molecule has 2 rings (SSSR count). The fraction of sp³-hybridized carbons (Fsp3) is 0.467. The predicted octanol–water partition coefficient (Wildman–Crippen LogP) is 1.29. The van der Waals surface area contributed by atoms with E-state index in [4.69, 9.17) is 4.74 Å². The van der Waals surface area contributed by atoms with E-state index in [0.717, 1.165) is 11.4 Å². The van der Waals surface area contributed by atoms with Crippen molar-refractivity contribution in [3.05, 3.63) is 16.4 Å². The van der Waals surface area contributed by atoms with E-state index in [2.05, 4.69) is 25.9 Å².